The third-order valence-corrected chi connectivity index (χ3v) is 18.5. The van der Waals surface area contributed by atoms with Crippen LogP contribution in [0.3, 0.4) is 0 Å². The normalized spacial score (nSPS) is 10.8. The maximum Gasteiger partial charge on any atom is 1.00 e. The molecule has 7 rings (SSSR count). The van der Waals surface area contributed by atoms with Crippen LogP contribution in [0.15, 0.2) is 249 Å². The Morgan fingerprint density at radius 3 is 1.11 bits per heavy atom. The molecule has 0 bridgehead atoms. The second-order valence-corrected chi connectivity index (χ2v) is 25.1. The molecule has 7 aromatic rings. The van der Waals surface area contributed by atoms with E-state index in [1.807, 2.05) is 100 Å². The Morgan fingerprint density at radius 1 is 0.453 bits per heavy atom. The van der Waals surface area contributed by atoms with E-state index in [0.29, 0.717) is 50.3 Å². The number of rotatable bonds is 21. The van der Waals surface area contributed by atoms with E-state index >= 15 is 0 Å². The van der Waals surface area contributed by atoms with Crippen LogP contribution in [0.4, 0.5) is 0 Å². The Hall–Kier alpha value is -6.81. The maximum atomic E-state index is 14.1. The van der Waals surface area contributed by atoms with Crippen LogP contribution in [0.1, 0.15) is 81.1 Å². The van der Waals surface area contributed by atoms with Gasteiger partial charge >= 0.3 is 77.1 Å². The number of aryl methyl sites for hydroxylation is 8. The van der Waals surface area contributed by atoms with E-state index in [-0.39, 0.29) is 94.0 Å². The fourth-order valence-corrected chi connectivity index (χ4v) is 14.6. The molecule has 0 saturated carbocycles. The second-order valence-electron chi connectivity index (χ2n) is 17.7. The molecule has 0 aliphatic carbocycles. The van der Waals surface area contributed by atoms with E-state index in [1.54, 1.807) is 100 Å². The monoisotopic (exact) mass is 1400 g/mol. The van der Waals surface area contributed by atoms with E-state index in [0.717, 1.165) is 34.1 Å². The van der Waals surface area contributed by atoms with Gasteiger partial charge in [-0.05, 0) is 86.0 Å². The summed E-state index contributed by atoms with van der Waals surface area (Å²) in [7, 11) is -14.9. The first-order valence-electron chi connectivity index (χ1n) is 27.2. The van der Waals surface area contributed by atoms with Crippen molar-refractivity contribution in [3.05, 3.63) is 323 Å². The van der Waals surface area contributed by atoms with Gasteiger partial charge in [0.15, 0.2) is 6.26 Å². The Balaban J connectivity index is -0.000000386. The van der Waals surface area contributed by atoms with Gasteiger partial charge in [0.1, 0.15) is 20.2 Å². The zero-order valence-corrected chi connectivity index (χ0v) is 63.3. The van der Waals surface area contributed by atoms with Gasteiger partial charge in [-0.2, -0.15) is 24.6 Å². The van der Waals surface area contributed by atoms with E-state index in [9.17, 15) is 33.0 Å². The number of carbonyl (C=O) groups excluding carboxylic acids is 3. The minimum Gasteiger partial charge on any atom is -0.790 e. The molecule has 0 saturated heterocycles. The molecule has 500 valence electrons. The van der Waals surface area contributed by atoms with Crippen LogP contribution < -0.4 is 85.2 Å². The summed E-state index contributed by atoms with van der Waals surface area (Å²) in [5.74, 6) is 0. The molecule has 1 N–H and O–H groups in total. The third-order valence-electron chi connectivity index (χ3n) is 11.6. The second kappa shape index (κ2) is 54.3. The van der Waals surface area contributed by atoms with E-state index in [4.69, 9.17) is 22.3 Å². The van der Waals surface area contributed by atoms with Crippen molar-refractivity contribution in [3.63, 3.8) is 0 Å². The van der Waals surface area contributed by atoms with Gasteiger partial charge in [0.2, 0.25) is 18.2 Å². The minimum atomic E-state index is -4.32. The molecule has 0 amide bonds. The molecule has 95 heavy (non-hydrogen) atoms. The molecule has 0 aliphatic rings. The molecule has 0 spiro atoms. The van der Waals surface area contributed by atoms with E-state index < -0.39 is 43.5 Å². The molecular formula is C70H83Na2O19P3S. The zero-order chi connectivity index (χ0) is 71.9. The summed E-state index contributed by atoms with van der Waals surface area (Å²) in [5.41, 5.74) is 6.70. The van der Waals surface area contributed by atoms with Crippen LogP contribution in [0, 0.1) is 62.3 Å². The number of hydrogen-bond donors (Lipinski definition) is 1. The SMILES string of the molecule is C=C.C=C.C=C.C=C.C=C.C=C.Cc1cc(C)c(C(=O)P(=O)(OCCOOOOOOO/C=C/O)c2ccccc2)c(C)c1.Cc1cc(C)c(C(=O)P(=O)([O-])c2ccccc2)c(C)c1.O=S(=O)=O.[CH2-]c1cc(C)c(C(=O)P(=O)(c2ccccc2)c2ccccc2)c(C)c1.[Na+].[Na+]. The van der Waals surface area contributed by atoms with Gasteiger partial charge in [0.05, 0.1) is 6.61 Å². The first kappa shape index (κ1) is 96.9. The van der Waals surface area contributed by atoms with Crippen molar-refractivity contribution in [3.8, 4) is 0 Å². The van der Waals surface area contributed by atoms with Crippen molar-refractivity contribution < 1.29 is 149 Å². The summed E-state index contributed by atoms with van der Waals surface area (Å²) in [6.07, 6.45) is 1.26. The van der Waals surface area contributed by atoms with Crippen molar-refractivity contribution in [1.29, 1.82) is 0 Å². The first-order valence-corrected chi connectivity index (χ1v) is 33.2. The standard InChI is InChI=1S/C22H20O2P.C20H23O11P.C16H17O3P.6C2H4.2Na.O3S/c1-16-14-17(2)21(18(3)15-16)22(23)25(24,19-10-6-4-7-11-19)20-12-8-5-9-13-20;1-15-13-16(2)19(17(3)14-15)20(22)32(23,18-7-5-4-6-8-18)26-12-11-25-28-30-31-29-27-24-10-9-21;1-11-9-12(2)15(13(3)10-11)16(17)20(18,19)14-7-5-4-6-8-14;6*1-2;;;1-4(2)3/h4-15H,1H2,2-3H3;4-10,13-14,21H,11-12H2,1-3H3;4-10H,1-3H3,(H,18,19);6*1-2H2;;;/q-1;;;;;;;;;2*+1;/p-1/b;10-9+;;;;;;;;;;. The topological polar surface area (TPSA) is 271 Å². The summed E-state index contributed by atoms with van der Waals surface area (Å²) in [6.45, 7) is 54.1. The summed E-state index contributed by atoms with van der Waals surface area (Å²) < 4.78 is 71.2. The molecule has 0 heterocycles. The fourth-order valence-electron chi connectivity index (χ4n) is 8.50. The van der Waals surface area contributed by atoms with Crippen LogP contribution in [0.25, 0.3) is 0 Å². The molecule has 19 nitrogen and oxygen atoms in total. The number of aliphatic hydroxyl groups excluding tert-OH is 1. The van der Waals surface area contributed by atoms with Gasteiger partial charge < -0.3 is 28.5 Å². The van der Waals surface area contributed by atoms with Gasteiger partial charge in [-0.3, -0.25) is 18.9 Å². The Morgan fingerprint density at radius 2 is 0.747 bits per heavy atom. The molecule has 0 radical (unpaired) electrons. The Kier molecular flexibility index (Phi) is 55.4. The number of benzene rings is 7. The molecule has 2 unspecified atom stereocenters. The van der Waals surface area contributed by atoms with Gasteiger partial charge in [-0.25, -0.2) is 4.89 Å². The van der Waals surface area contributed by atoms with Crippen molar-refractivity contribution in [2.24, 2.45) is 0 Å². The summed E-state index contributed by atoms with van der Waals surface area (Å²) >= 11 is 0. The Labute approximate surface area is 606 Å². The molecule has 0 aromatic heterocycles. The van der Waals surface area contributed by atoms with Crippen molar-refractivity contribution >= 4 is 70.3 Å². The zero-order valence-electron chi connectivity index (χ0n) is 55.8. The predicted octanol–water partition coefficient (Wildman–Crippen LogP) is 9.18. The summed E-state index contributed by atoms with van der Waals surface area (Å²) in [5, 5.41) is 29.4. The van der Waals surface area contributed by atoms with Crippen LogP contribution in [0.2, 0.25) is 0 Å². The maximum absolute atomic E-state index is 14.1. The first-order chi connectivity index (χ1) is 44.4. The average molecular weight is 1400 g/mol. The van der Waals surface area contributed by atoms with Crippen LogP contribution >= 0.6 is 21.9 Å². The number of aliphatic hydroxyl groups is 1. The minimum absolute atomic E-state index is 0. The fraction of sp³-hybridized carbons (Fsp3) is 0.143. The van der Waals surface area contributed by atoms with Gasteiger partial charge in [0.25, 0.3) is 5.52 Å². The molecule has 0 fully saturated rings. The molecule has 2 atom stereocenters. The van der Waals surface area contributed by atoms with E-state index in [2.05, 4.69) is 121 Å². The largest absolute Gasteiger partial charge is 1.00 e. The average Bonchev–Trinajstić information content (AvgIpc) is 0.777. The number of carbonyl (C=O) groups is 3. The van der Waals surface area contributed by atoms with Gasteiger partial charge in [-0.1, -0.05) is 170 Å². The number of hydrogen-bond acceptors (Lipinski definition) is 19. The molecule has 25 heteroatoms. The van der Waals surface area contributed by atoms with Crippen LogP contribution in [-0.4, -0.2) is 47.5 Å². The van der Waals surface area contributed by atoms with Crippen molar-refractivity contribution in [2.75, 3.05) is 13.2 Å². The molecule has 7 aromatic carbocycles. The molecular weight excluding hydrogens is 1320 g/mol. The van der Waals surface area contributed by atoms with Crippen LogP contribution in [-0.2, 0) is 63.8 Å². The molecule has 0 aliphatic heterocycles. The van der Waals surface area contributed by atoms with Crippen molar-refractivity contribution in [1.82, 2.24) is 0 Å². The predicted molar refractivity (Wildman–Crippen MR) is 369 cm³/mol. The van der Waals surface area contributed by atoms with Gasteiger partial charge in [-0.15, -0.1) is 91.6 Å². The van der Waals surface area contributed by atoms with Gasteiger partial charge in [0, 0.05) is 53.0 Å². The Bertz CT molecular complexity index is 3560. The van der Waals surface area contributed by atoms with Crippen molar-refractivity contribution in [2.45, 2.75) is 55.4 Å². The van der Waals surface area contributed by atoms with Crippen LogP contribution in [0.5, 0.6) is 0 Å². The third kappa shape index (κ3) is 31.7. The quantitative estimate of drug-likeness (QED) is 0.0103. The summed E-state index contributed by atoms with van der Waals surface area (Å²) in [6, 6.07) is 45.2. The van der Waals surface area contributed by atoms with E-state index in [1.165, 1.54) is 12.1 Å². The summed E-state index contributed by atoms with van der Waals surface area (Å²) in [4.78, 5) is 60.4. The smallest absolute Gasteiger partial charge is 0.790 e.